The van der Waals surface area contributed by atoms with Crippen molar-refractivity contribution < 1.29 is 14.0 Å². The summed E-state index contributed by atoms with van der Waals surface area (Å²) in [6.45, 7) is 2.26. The number of rotatable bonds is 8. The van der Waals surface area contributed by atoms with Crippen LogP contribution in [0.2, 0.25) is 0 Å². The Morgan fingerprint density at radius 2 is 2.07 bits per heavy atom. The van der Waals surface area contributed by atoms with Gasteiger partial charge in [0.1, 0.15) is 0 Å². The molecule has 2 aromatic heterocycles. The molecule has 1 aliphatic rings. The molecule has 0 bridgehead atoms. The Hall–Kier alpha value is -2.54. The summed E-state index contributed by atoms with van der Waals surface area (Å²) in [5.41, 5.74) is 0.298. The van der Waals surface area contributed by atoms with Crippen LogP contribution in [0.25, 0.3) is 6.08 Å². The molecule has 1 aliphatic heterocycles. The first-order chi connectivity index (χ1) is 14.1. The number of aromatic nitrogens is 1. The lowest BCUT2D eigenvalue weighted by Crippen LogP contribution is -2.38. The van der Waals surface area contributed by atoms with Crippen molar-refractivity contribution in [3.8, 4) is 0 Å². The van der Waals surface area contributed by atoms with Gasteiger partial charge >= 0.3 is 0 Å². The smallest absolute Gasteiger partial charge is 0.263 e. The summed E-state index contributed by atoms with van der Waals surface area (Å²) in [5.74, 6) is -0.0136. The highest BCUT2D eigenvalue weighted by Gasteiger charge is 2.23. The molecule has 3 heterocycles. The van der Waals surface area contributed by atoms with Crippen molar-refractivity contribution in [2.24, 2.45) is 5.92 Å². The Morgan fingerprint density at radius 1 is 1.24 bits per heavy atom. The van der Waals surface area contributed by atoms with E-state index in [0.29, 0.717) is 18.0 Å². The van der Waals surface area contributed by atoms with E-state index >= 15 is 0 Å². The molecule has 1 fully saturated rings. The average molecular weight is 416 g/mol. The normalized spacial score (nSPS) is 15.0. The summed E-state index contributed by atoms with van der Waals surface area (Å²) in [6, 6.07) is 7.00. The maximum absolute atomic E-state index is 13.4. The Bertz CT molecular complexity index is 830. The van der Waals surface area contributed by atoms with Crippen LogP contribution in [0, 0.1) is 11.9 Å². The number of hydrogen-bond donors (Lipinski definition) is 1. The molecule has 2 aromatic rings. The van der Waals surface area contributed by atoms with Gasteiger partial charge in [-0.05, 0) is 54.8 Å². The number of thiophene rings is 1. The highest BCUT2D eigenvalue weighted by molar-refractivity contribution is 7.12. The standard InChI is InChI=1S/C22H26FN3O2S/c23-21-18(6-3-13-25-21)8-9-20(27)24-12-2-1-5-17-10-14-26(15-11-17)22(28)19-7-4-16-29-19/h3-4,6-9,13,16-17H,1-2,5,10-12,14-15H2,(H,24,27)/b9-8+. The Balaban J connectivity index is 1.27. The van der Waals surface area contributed by atoms with E-state index < -0.39 is 5.95 Å². The predicted octanol–water partition coefficient (Wildman–Crippen LogP) is 4.13. The zero-order valence-corrected chi connectivity index (χ0v) is 17.2. The number of unbranched alkanes of at least 4 members (excludes halogenated alkanes) is 1. The first kappa shape index (κ1) is 21.2. The summed E-state index contributed by atoms with van der Waals surface area (Å²) >= 11 is 1.50. The van der Waals surface area contributed by atoms with Gasteiger partial charge in [-0.3, -0.25) is 9.59 Å². The molecule has 0 spiro atoms. The van der Waals surface area contributed by atoms with Crippen LogP contribution in [0.1, 0.15) is 47.3 Å². The number of amides is 2. The quantitative estimate of drug-likeness (QED) is 0.401. The second-order valence-corrected chi connectivity index (χ2v) is 8.16. The van der Waals surface area contributed by atoms with Gasteiger partial charge < -0.3 is 10.2 Å². The van der Waals surface area contributed by atoms with Crippen LogP contribution in [0.15, 0.2) is 41.9 Å². The van der Waals surface area contributed by atoms with E-state index in [0.717, 1.165) is 50.1 Å². The van der Waals surface area contributed by atoms with Gasteiger partial charge in [0.05, 0.1) is 4.88 Å². The Morgan fingerprint density at radius 3 is 2.79 bits per heavy atom. The maximum Gasteiger partial charge on any atom is 0.263 e. The van der Waals surface area contributed by atoms with Gasteiger partial charge in [0, 0.05) is 37.5 Å². The summed E-state index contributed by atoms with van der Waals surface area (Å²) in [6.07, 6.45) is 9.31. The third-order valence-corrected chi connectivity index (χ3v) is 6.03. The average Bonchev–Trinajstić information content (AvgIpc) is 3.28. The van der Waals surface area contributed by atoms with Crippen LogP contribution in [0.5, 0.6) is 0 Å². The minimum atomic E-state index is -0.584. The molecule has 1 N–H and O–H groups in total. The number of nitrogens with one attached hydrogen (secondary N) is 1. The number of hydrogen-bond acceptors (Lipinski definition) is 4. The monoisotopic (exact) mass is 415 g/mol. The van der Waals surface area contributed by atoms with Gasteiger partial charge in [-0.2, -0.15) is 4.39 Å². The molecule has 2 amide bonds. The van der Waals surface area contributed by atoms with Gasteiger partial charge in [0.25, 0.3) is 5.91 Å². The second-order valence-electron chi connectivity index (χ2n) is 7.22. The first-order valence-electron chi connectivity index (χ1n) is 10.0. The third-order valence-electron chi connectivity index (χ3n) is 5.17. The fourth-order valence-corrected chi connectivity index (χ4v) is 4.19. The number of carbonyl (C=O) groups is 2. The third kappa shape index (κ3) is 6.49. The lowest BCUT2D eigenvalue weighted by atomic mass is 9.91. The number of carbonyl (C=O) groups excluding carboxylic acids is 2. The topological polar surface area (TPSA) is 62.3 Å². The molecule has 154 valence electrons. The molecule has 5 nitrogen and oxygen atoms in total. The van der Waals surface area contributed by atoms with E-state index in [2.05, 4.69) is 10.3 Å². The van der Waals surface area contributed by atoms with Gasteiger partial charge in [0.15, 0.2) is 0 Å². The van der Waals surface area contributed by atoms with Gasteiger partial charge in [-0.25, -0.2) is 4.98 Å². The molecule has 7 heteroatoms. The van der Waals surface area contributed by atoms with E-state index in [-0.39, 0.29) is 11.8 Å². The van der Waals surface area contributed by atoms with Crippen molar-refractivity contribution in [2.45, 2.75) is 32.1 Å². The highest BCUT2D eigenvalue weighted by atomic mass is 32.1. The molecule has 0 aliphatic carbocycles. The zero-order valence-electron chi connectivity index (χ0n) is 16.4. The van der Waals surface area contributed by atoms with Crippen molar-refractivity contribution in [2.75, 3.05) is 19.6 Å². The molecule has 0 radical (unpaired) electrons. The molecule has 0 saturated carbocycles. The van der Waals surface area contributed by atoms with Crippen LogP contribution < -0.4 is 5.32 Å². The maximum atomic E-state index is 13.4. The van der Waals surface area contributed by atoms with Crippen LogP contribution in [0.4, 0.5) is 4.39 Å². The van der Waals surface area contributed by atoms with E-state index in [1.165, 1.54) is 29.7 Å². The second kappa shape index (κ2) is 10.9. The summed E-state index contributed by atoms with van der Waals surface area (Å²) in [4.78, 5) is 30.5. The molecule has 29 heavy (non-hydrogen) atoms. The molecular formula is C22H26FN3O2S. The van der Waals surface area contributed by atoms with Crippen LogP contribution in [-0.2, 0) is 4.79 Å². The SMILES string of the molecule is O=C(/C=C/c1cccnc1F)NCCCCC1CCN(C(=O)c2cccs2)CC1. The number of pyridine rings is 1. The largest absolute Gasteiger partial charge is 0.353 e. The fourth-order valence-electron chi connectivity index (χ4n) is 3.50. The first-order valence-corrected chi connectivity index (χ1v) is 10.9. The van der Waals surface area contributed by atoms with Crippen molar-refractivity contribution in [3.63, 3.8) is 0 Å². The van der Waals surface area contributed by atoms with Crippen LogP contribution in [0.3, 0.4) is 0 Å². The Kier molecular flexibility index (Phi) is 7.93. The van der Waals surface area contributed by atoms with Crippen molar-refractivity contribution in [1.29, 1.82) is 0 Å². The number of halogens is 1. The van der Waals surface area contributed by atoms with Crippen molar-refractivity contribution in [3.05, 3.63) is 58.3 Å². The molecular weight excluding hydrogens is 389 g/mol. The predicted molar refractivity (Wildman–Crippen MR) is 113 cm³/mol. The molecule has 1 saturated heterocycles. The number of nitrogens with zero attached hydrogens (tertiary/aromatic N) is 2. The van der Waals surface area contributed by atoms with Gasteiger partial charge in [-0.15, -0.1) is 11.3 Å². The van der Waals surface area contributed by atoms with Crippen LogP contribution >= 0.6 is 11.3 Å². The lowest BCUT2D eigenvalue weighted by Gasteiger charge is -2.31. The molecule has 0 aromatic carbocycles. The van der Waals surface area contributed by atoms with E-state index in [9.17, 15) is 14.0 Å². The van der Waals surface area contributed by atoms with Crippen molar-refractivity contribution >= 4 is 29.2 Å². The Labute approximate surface area is 174 Å². The van der Waals surface area contributed by atoms with E-state index in [4.69, 9.17) is 0 Å². The zero-order chi connectivity index (χ0) is 20.5. The van der Waals surface area contributed by atoms with E-state index in [1.54, 1.807) is 12.1 Å². The fraction of sp³-hybridized carbons (Fsp3) is 0.409. The summed E-state index contributed by atoms with van der Waals surface area (Å²) in [5, 5.41) is 4.76. The summed E-state index contributed by atoms with van der Waals surface area (Å²) in [7, 11) is 0. The van der Waals surface area contributed by atoms with Crippen molar-refractivity contribution in [1.82, 2.24) is 15.2 Å². The van der Waals surface area contributed by atoms with Gasteiger partial charge in [-0.1, -0.05) is 18.9 Å². The lowest BCUT2D eigenvalue weighted by molar-refractivity contribution is -0.116. The molecule has 0 unspecified atom stereocenters. The number of piperidine rings is 1. The number of likely N-dealkylation sites (tertiary alicyclic amines) is 1. The highest BCUT2D eigenvalue weighted by Crippen LogP contribution is 2.24. The minimum absolute atomic E-state index is 0.153. The van der Waals surface area contributed by atoms with E-state index in [1.807, 2.05) is 22.4 Å². The minimum Gasteiger partial charge on any atom is -0.353 e. The van der Waals surface area contributed by atoms with Gasteiger partial charge in [0.2, 0.25) is 11.9 Å². The summed E-state index contributed by atoms with van der Waals surface area (Å²) < 4.78 is 13.4. The molecule has 0 atom stereocenters. The van der Waals surface area contributed by atoms with Crippen LogP contribution in [-0.4, -0.2) is 41.3 Å². The molecule has 3 rings (SSSR count).